The lowest BCUT2D eigenvalue weighted by Gasteiger charge is -2.32. The summed E-state index contributed by atoms with van der Waals surface area (Å²) in [5, 5.41) is -0.337. The van der Waals surface area contributed by atoms with Gasteiger partial charge in [0.1, 0.15) is 5.21 Å². The molecule has 15 heavy (non-hydrogen) atoms. The molecule has 6 heteroatoms. The molecule has 0 aromatic carbocycles. The van der Waals surface area contributed by atoms with Crippen molar-refractivity contribution in [3.05, 3.63) is 0 Å². The van der Waals surface area contributed by atoms with Crippen molar-refractivity contribution in [1.82, 2.24) is 9.62 Å². The monoisotopic (exact) mass is 252 g/mol. The third kappa shape index (κ3) is 2.64. The van der Waals surface area contributed by atoms with Crippen LogP contribution in [0.3, 0.4) is 0 Å². The second-order valence-corrected chi connectivity index (χ2v) is 6.67. The molecule has 0 amide bonds. The first-order chi connectivity index (χ1) is 7.12. The van der Waals surface area contributed by atoms with E-state index in [1.54, 1.807) is 0 Å². The van der Waals surface area contributed by atoms with Crippen LogP contribution in [-0.2, 0) is 10.0 Å². The van der Waals surface area contributed by atoms with Gasteiger partial charge in [0.05, 0.1) is 0 Å². The van der Waals surface area contributed by atoms with Gasteiger partial charge >= 0.3 is 0 Å². The van der Waals surface area contributed by atoms with Crippen molar-refractivity contribution in [3.63, 3.8) is 0 Å². The van der Waals surface area contributed by atoms with Crippen molar-refractivity contribution in [1.29, 1.82) is 0 Å². The Morgan fingerprint density at radius 3 is 2.80 bits per heavy atom. The molecule has 0 saturated carbocycles. The summed E-state index contributed by atoms with van der Waals surface area (Å²) in [5.41, 5.74) is 0. The Labute approximate surface area is 96.0 Å². The zero-order valence-corrected chi connectivity index (χ0v) is 10.2. The predicted octanol–water partition coefficient (Wildman–Crippen LogP) is 0.729. The summed E-state index contributed by atoms with van der Waals surface area (Å²) in [6.07, 6.45) is 4.47. The van der Waals surface area contributed by atoms with Crippen molar-refractivity contribution in [3.8, 4) is 0 Å². The van der Waals surface area contributed by atoms with Crippen LogP contribution < -0.4 is 4.72 Å². The molecule has 0 bridgehead atoms. The van der Waals surface area contributed by atoms with Gasteiger partial charge in [0.2, 0.25) is 10.0 Å². The van der Waals surface area contributed by atoms with Crippen LogP contribution in [0.1, 0.15) is 25.7 Å². The van der Waals surface area contributed by atoms with Crippen LogP contribution in [0.15, 0.2) is 0 Å². The average Bonchev–Trinajstić information content (AvgIpc) is 2.62. The van der Waals surface area contributed by atoms with Crippen LogP contribution in [0.4, 0.5) is 0 Å². The predicted molar refractivity (Wildman–Crippen MR) is 60.4 cm³/mol. The molecule has 2 rings (SSSR count). The fraction of sp³-hybridized carbons (Fsp3) is 1.00. The van der Waals surface area contributed by atoms with E-state index in [-0.39, 0.29) is 11.3 Å². The van der Waals surface area contributed by atoms with Crippen LogP contribution in [0.5, 0.6) is 0 Å². The van der Waals surface area contributed by atoms with Crippen LogP contribution in [-0.4, -0.2) is 43.7 Å². The molecule has 1 N–H and O–H groups in total. The molecule has 88 valence electrons. The molecular weight excluding hydrogens is 236 g/mol. The normalized spacial score (nSPS) is 32.9. The molecule has 2 aliphatic rings. The number of hydrogen-bond donors (Lipinski definition) is 1. The van der Waals surface area contributed by atoms with Crippen molar-refractivity contribution >= 4 is 21.6 Å². The highest BCUT2D eigenvalue weighted by atomic mass is 35.5. The third-order valence-corrected chi connectivity index (χ3v) is 5.14. The number of nitrogens with one attached hydrogen (secondary N) is 1. The first kappa shape index (κ1) is 11.6. The molecule has 0 aliphatic carbocycles. The van der Waals surface area contributed by atoms with E-state index in [9.17, 15) is 8.42 Å². The minimum atomic E-state index is -3.26. The zero-order valence-electron chi connectivity index (χ0n) is 8.65. The van der Waals surface area contributed by atoms with E-state index < -0.39 is 10.0 Å². The second-order valence-electron chi connectivity index (χ2n) is 4.34. The number of halogens is 1. The van der Waals surface area contributed by atoms with E-state index in [2.05, 4.69) is 9.62 Å². The van der Waals surface area contributed by atoms with Gasteiger partial charge < -0.3 is 0 Å². The fourth-order valence-electron chi connectivity index (χ4n) is 2.65. The lowest BCUT2D eigenvalue weighted by molar-refractivity contribution is 0.186. The summed E-state index contributed by atoms with van der Waals surface area (Å²) in [6.45, 7) is 2.13. The van der Waals surface area contributed by atoms with Crippen molar-refractivity contribution < 1.29 is 8.42 Å². The highest BCUT2D eigenvalue weighted by Gasteiger charge is 2.37. The van der Waals surface area contributed by atoms with Gasteiger partial charge in [-0.2, -0.15) is 0 Å². The van der Waals surface area contributed by atoms with Crippen molar-refractivity contribution in [2.24, 2.45) is 0 Å². The van der Waals surface area contributed by atoms with E-state index >= 15 is 0 Å². The maximum absolute atomic E-state index is 11.4. The fourth-order valence-corrected chi connectivity index (χ4v) is 3.64. The maximum atomic E-state index is 11.4. The number of nitrogens with zero attached hydrogens (tertiary/aromatic N) is 1. The highest BCUT2D eigenvalue weighted by Crippen LogP contribution is 2.27. The molecule has 2 aliphatic heterocycles. The quantitative estimate of drug-likeness (QED) is 0.754. The highest BCUT2D eigenvalue weighted by molar-refractivity contribution is 7.90. The summed E-state index contributed by atoms with van der Waals surface area (Å²) in [7, 11) is -3.26. The molecule has 0 aromatic rings. The van der Waals surface area contributed by atoms with Gasteiger partial charge in [0, 0.05) is 18.6 Å². The van der Waals surface area contributed by atoms with Crippen molar-refractivity contribution in [2.45, 2.75) is 37.8 Å². The van der Waals surface area contributed by atoms with E-state index in [1.165, 1.54) is 12.8 Å². The van der Waals surface area contributed by atoms with Crippen LogP contribution in [0.25, 0.3) is 0 Å². The molecule has 2 saturated heterocycles. The lowest BCUT2D eigenvalue weighted by atomic mass is 10.00. The average molecular weight is 253 g/mol. The standard InChI is InChI=1S/C9H17ClN2O2S/c10-7-15(13,14)11-8-4-6-12-5-2-1-3-9(8)12/h8-9,11H,1-7H2. The molecule has 0 radical (unpaired) electrons. The van der Waals surface area contributed by atoms with Crippen LogP contribution in [0.2, 0.25) is 0 Å². The first-order valence-corrected chi connectivity index (χ1v) is 7.61. The summed E-state index contributed by atoms with van der Waals surface area (Å²) in [5.74, 6) is 0. The Bertz CT molecular complexity index is 320. The molecule has 4 nitrogen and oxygen atoms in total. The number of alkyl halides is 1. The SMILES string of the molecule is O=S(=O)(CCl)NC1CCN2CCCCC12. The van der Waals surface area contributed by atoms with Gasteiger partial charge in [0.15, 0.2) is 0 Å². The second kappa shape index (κ2) is 4.57. The Kier molecular flexibility index (Phi) is 3.55. The number of hydrogen-bond acceptors (Lipinski definition) is 3. The first-order valence-electron chi connectivity index (χ1n) is 5.42. The van der Waals surface area contributed by atoms with Crippen LogP contribution >= 0.6 is 11.6 Å². The smallest absolute Gasteiger partial charge is 0.225 e. The summed E-state index contributed by atoms with van der Waals surface area (Å²) < 4.78 is 25.4. The Hall–Kier alpha value is 0.160. The molecular formula is C9H17ClN2O2S. The topological polar surface area (TPSA) is 49.4 Å². The summed E-state index contributed by atoms with van der Waals surface area (Å²) in [4.78, 5) is 2.39. The Morgan fingerprint density at radius 2 is 2.07 bits per heavy atom. The zero-order chi connectivity index (χ0) is 10.9. The molecule has 2 atom stereocenters. The van der Waals surface area contributed by atoms with Gasteiger partial charge in [-0.3, -0.25) is 4.90 Å². The van der Waals surface area contributed by atoms with Crippen LogP contribution in [0, 0.1) is 0 Å². The van der Waals surface area contributed by atoms with E-state index in [0.29, 0.717) is 6.04 Å². The molecule has 0 spiro atoms. The van der Waals surface area contributed by atoms with E-state index in [4.69, 9.17) is 11.6 Å². The number of sulfonamides is 1. The largest absolute Gasteiger partial charge is 0.299 e. The molecule has 2 unspecified atom stereocenters. The Balaban J connectivity index is 1.99. The minimum absolute atomic E-state index is 0.0778. The summed E-state index contributed by atoms with van der Waals surface area (Å²) in [6, 6.07) is 0.478. The van der Waals surface area contributed by atoms with E-state index in [1.807, 2.05) is 0 Å². The third-order valence-electron chi connectivity index (χ3n) is 3.33. The number of fused-ring (bicyclic) bond motifs is 1. The van der Waals surface area contributed by atoms with Gasteiger partial charge in [-0.05, 0) is 25.8 Å². The lowest BCUT2D eigenvalue weighted by Crippen LogP contribution is -2.46. The van der Waals surface area contributed by atoms with Crippen molar-refractivity contribution in [2.75, 3.05) is 18.3 Å². The minimum Gasteiger partial charge on any atom is -0.299 e. The van der Waals surface area contributed by atoms with E-state index in [0.717, 1.165) is 25.9 Å². The number of piperidine rings is 1. The Morgan fingerprint density at radius 1 is 1.27 bits per heavy atom. The molecule has 2 fully saturated rings. The van der Waals surface area contributed by atoms with Gasteiger partial charge in [-0.15, -0.1) is 11.6 Å². The van der Waals surface area contributed by atoms with Gasteiger partial charge in [-0.25, -0.2) is 13.1 Å². The molecule has 0 aromatic heterocycles. The van der Waals surface area contributed by atoms with Gasteiger partial charge in [-0.1, -0.05) is 6.42 Å². The maximum Gasteiger partial charge on any atom is 0.225 e. The van der Waals surface area contributed by atoms with Gasteiger partial charge in [0.25, 0.3) is 0 Å². The summed E-state index contributed by atoms with van der Waals surface area (Å²) >= 11 is 5.38. The number of rotatable bonds is 3. The molecule has 2 heterocycles.